The first kappa shape index (κ1) is 11.4. The van der Waals surface area contributed by atoms with Crippen LogP contribution in [0.4, 0.5) is 0 Å². The number of ether oxygens (including phenoxy) is 1. The smallest absolute Gasteiger partial charge is 0.219 e. The molecule has 1 unspecified atom stereocenters. The van der Waals surface area contributed by atoms with Crippen molar-refractivity contribution in [1.82, 2.24) is 5.32 Å². The largest absolute Gasteiger partial charge is 0.379 e. The predicted molar refractivity (Wildman–Crippen MR) is 49.0 cm³/mol. The van der Waals surface area contributed by atoms with Crippen LogP contribution in [-0.2, 0) is 9.53 Å². The molecule has 0 saturated heterocycles. The van der Waals surface area contributed by atoms with Crippen LogP contribution < -0.4 is 5.32 Å². The fraction of sp³-hybridized carbons (Fsp3) is 0.889. The fourth-order valence-corrected chi connectivity index (χ4v) is 0.908. The van der Waals surface area contributed by atoms with Crippen LogP contribution >= 0.6 is 0 Å². The van der Waals surface area contributed by atoms with Gasteiger partial charge in [0.25, 0.3) is 0 Å². The van der Waals surface area contributed by atoms with E-state index in [1.807, 2.05) is 20.8 Å². The van der Waals surface area contributed by atoms with E-state index in [0.717, 1.165) is 13.0 Å². The summed E-state index contributed by atoms with van der Waals surface area (Å²) >= 11 is 0. The molecule has 12 heavy (non-hydrogen) atoms. The fourth-order valence-electron chi connectivity index (χ4n) is 0.908. The standard InChI is InChI=1S/C9H19NO2/c1-4-9(11)10-7-6-8(3)12-5-2/h8H,4-7H2,1-3H3,(H,10,11). The van der Waals surface area contributed by atoms with E-state index in [9.17, 15) is 4.79 Å². The van der Waals surface area contributed by atoms with Crippen molar-refractivity contribution in [3.63, 3.8) is 0 Å². The van der Waals surface area contributed by atoms with E-state index in [1.165, 1.54) is 0 Å². The van der Waals surface area contributed by atoms with Gasteiger partial charge in [0.1, 0.15) is 0 Å². The molecule has 1 atom stereocenters. The van der Waals surface area contributed by atoms with E-state index in [4.69, 9.17) is 4.74 Å². The second-order valence-corrected chi connectivity index (χ2v) is 2.76. The van der Waals surface area contributed by atoms with E-state index in [2.05, 4.69) is 5.32 Å². The number of nitrogens with one attached hydrogen (secondary N) is 1. The zero-order valence-corrected chi connectivity index (χ0v) is 8.22. The summed E-state index contributed by atoms with van der Waals surface area (Å²) in [5.74, 6) is 0.110. The van der Waals surface area contributed by atoms with E-state index in [0.29, 0.717) is 13.0 Å². The zero-order chi connectivity index (χ0) is 9.40. The van der Waals surface area contributed by atoms with Crippen LogP contribution in [0.25, 0.3) is 0 Å². The molecule has 0 aliphatic rings. The summed E-state index contributed by atoms with van der Waals surface area (Å²) in [7, 11) is 0. The molecule has 0 fully saturated rings. The van der Waals surface area contributed by atoms with Gasteiger partial charge in [-0.05, 0) is 20.3 Å². The Morgan fingerprint density at radius 1 is 1.50 bits per heavy atom. The minimum absolute atomic E-state index is 0.110. The molecule has 0 spiro atoms. The van der Waals surface area contributed by atoms with Crippen molar-refractivity contribution < 1.29 is 9.53 Å². The van der Waals surface area contributed by atoms with Gasteiger partial charge in [0, 0.05) is 19.6 Å². The first-order valence-corrected chi connectivity index (χ1v) is 4.59. The number of carbonyl (C=O) groups is 1. The molecule has 0 rings (SSSR count). The summed E-state index contributed by atoms with van der Waals surface area (Å²) in [5.41, 5.74) is 0. The van der Waals surface area contributed by atoms with Crippen LogP contribution in [-0.4, -0.2) is 25.2 Å². The van der Waals surface area contributed by atoms with E-state index in [1.54, 1.807) is 0 Å². The Hall–Kier alpha value is -0.570. The minimum atomic E-state index is 0.110. The van der Waals surface area contributed by atoms with Gasteiger partial charge in [0.2, 0.25) is 5.91 Å². The highest BCUT2D eigenvalue weighted by atomic mass is 16.5. The van der Waals surface area contributed by atoms with Gasteiger partial charge in [-0.15, -0.1) is 0 Å². The normalized spacial score (nSPS) is 12.6. The zero-order valence-electron chi connectivity index (χ0n) is 8.22. The Kier molecular flexibility index (Phi) is 6.76. The average Bonchev–Trinajstić information content (AvgIpc) is 2.04. The van der Waals surface area contributed by atoms with Crippen LogP contribution in [0, 0.1) is 0 Å². The van der Waals surface area contributed by atoms with Crippen molar-refractivity contribution in [2.45, 2.75) is 39.7 Å². The summed E-state index contributed by atoms with van der Waals surface area (Å²) in [6.45, 7) is 7.29. The lowest BCUT2D eigenvalue weighted by Gasteiger charge is -2.11. The molecule has 0 aliphatic heterocycles. The molecule has 3 nitrogen and oxygen atoms in total. The molecule has 1 N–H and O–H groups in total. The maximum Gasteiger partial charge on any atom is 0.219 e. The van der Waals surface area contributed by atoms with Gasteiger partial charge in [0.15, 0.2) is 0 Å². The molecule has 0 aliphatic carbocycles. The second-order valence-electron chi connectivity index (χ2n) is 2.76. The highest BCUT2D eigenvalue weighted by Gasteiger charge is 2.01. The van der Waals surface area contributed by atoms with Crippen molar-refractivity contribution in [1.29, 1.82) is 0 Å². The van der Waals surface area contributed by atoms with Gasteiger partial charge in [-0.3, -0.25) is 4.79 Å². The average molecular weight is 173 g/mol. The summed E-state index contributed by atoms with van der Waals surface area (Å²) in [5, 5.41) is 2.80. The summed E-state index contributed by atoms with van der Waals surface area (Å²) in [4.78, 5) is 10.8. The number of carbonyl (C=O) groups excluding carboxylic acids is 1. The highest BCUT2D eigenvalue weighted by Crippen LogP contribution is 1.94. The monoisotopic (exact) mass is 173 g/mol. The van der Waals surface area contributed by atoms with Crippen LogP contribution in [0.5, 0.6) is 0 Å². The third kappa shape index (κ3) is 6.16. The molecular weight excluding hydrogens is 154 g/mol. The molecule has 3 heteroatoms. The van der Waals surface area contributed by atoms with Gasteiger partial charge in [0.05, 0.1) is 6.10 Å². The summed E-state index contributed by atoms with van der Waals surface area (Å²) < 4.78 is 5.31. The Morgan fingerprint density at radius 2 is 2.17 bits per heavy atom. The topological polar surface area (TPSA) is 38.3 Å². The Bertz CT molecular complexity index is 126. The maximum atomic E-state index is 10.8. The Labute approximate surface area is 74.5 Å². The number of hydrogen-bond donors (Lipinski definition) is 1. The van der Waals surface area contributed by atoms with Crippen molar-refractivity contribution >= 4 is 5.91 Å². The highest BCUT2D eigenvalue weighted by molar-refractivity contribution is 5.75. The quantitative estimate of drug-likeness (QED) is 0.658. The number of amides is 1. The third-order valence-electron chi connectivity index (χ3n) is 1.65. The second kappa shape index (κ2) is 7.10. The number of hydrogen-bond acceptors (Lipinski definition) is 2. The first-order chi connectivity index (χ1) is 5.70. The molecular formula is C9H19NO2. The summed E-state index contributed by atoms with van der Waals surface area (Å²) in [6, 6.07) is 0. The molecule has 0 aromatic heterocycles. The lowest BCUT2D eigenvalue weighted by molar-refractivity contribution is -0.120. The van der Waals surface area contributed by atoms with Gasteiger partial charge >= 0.3 is 0 Å². The van der Waals surface area contributed by atoms with E-state index >= 15 is 0 Å². The van der Waals surface area contributed by atoms with Gasteiger partial charge in [-0.2, -0.15) is 0 Å². The molecule has 0 bridgehead atoms. The lowest BCUT2D eigenvalue weighted by Crippen LogP contribution is -2.26. The Morgan fingerprint density at radius 3 is 2.67 bits per heavy atom. The third-order valence-corrected chi connectivity index (χ3v) is 1.65. The number of rotatable bonds is 6. The van der Waals surface area contributed by atoms with Crippen LogP contribution in [0.1, 0.15) is 33.6 Å². The maximum absolute atomic E-state index is 10.8. The lowest BCUT2D eigenvalue weighted by atomic mass is 10.3. The van der Waals surface area contributed by atoms with Crippen molar-refractivity contribution in [3.05, 3.63) is 0 Å². The Balaban J connectivity index is 3.24. The molecule has 0 heterocycles. The van der Waals surface area contributed by atoms with Crippen molar-refractivity contribution in [2.75, 3.05) is 13.2 Å². The SMILES string of the molecule is CCOC(C)CCNC(=O)CC. The van der Waals surface area contributed by atoms with Crippen LogP contribution in [0.3, 0.4) is 0 Å². The first-order valence-electron chi connectivity index (χ1n) is 4.59. The molecule has 72 valence electrons. The van der Waals surface area contributed by atoms with E-state index in [-0.39, 0.29) is 12.0 Å². The predicted octanol–water partition coefficient (Wildman–Crippen LogP) is 1.33. The molecule has 0 aromatic carbocycles. The molecule has 1 amide bonds. The van der Waals surface area contributed by atoms with Gasteiger partial charge < -0.3 is 10.1 Å². The molecule has 0 aromatic rings. The van der Waals surface area contributed by atoms with Crippen LogP contribution in [0.2, 0.25) is 0 Å². The minimum Gasteiger partial charge on any atom is -0.379 e. The molecule has 0 radical (unpaired) electrons. The van der Waals surface area contributed by atoms with E-state index < -0.39 is 0 Å². The summed E-state index contributed by atoms with van der Waals surface area (Å²) in [6.07, 6.45) is 1.69. The van der Waals surface area contributed by atoms with Crippen molar-refractivity contribution in [3.8, 4) is 0 Å². The van der Waals surface area contributed by atoms with Crippen molar-refractivity contribution in [2.24, 2.45) is 0 Å². The van der Waals surface area contributed by atoms with Gasteiger partial charge in [-0.25, -0.2) is 0 Å². The molecule has 0 saturated carbocycles. The van der Waals surface area contributed by atoms with Crippen LogP contribution in [0.15, 0.2) is 0 Å². The van der Waals surface area contributed by atoms with Gasteiger partial charge in [-0.1, -0.05) is 6.92 Å².